The maximum absolute atomic E-state index is 5.95. The van der Waals surface area contributed by atoms with Gasteiger partial charge < -0.3 is 0 Å². The van der Waals surface area contributed by atoms with E-state index in [0.717, 1.165) is 29.1 Å². The Morgan fingerprint density at radius 1 is 1.56 bits per heavy atom. The summed E-state index contributed by atoms with van der Waals surface area (Å²) in [5, 5.41) is 0.782. The standard InChI is InChI=1S/C13H19ClN2/c1-10(2)11-4-6-16(8-11)9-13-7-12(14)3-5-15-13/h3,5,7,10-11H,4,6,8-9H2,1-2H3. The van der Waals surface area contributed by atoms with Crippen molar-refractivity contribution in [2.75, 3.05) is 13.1 Å². The lowest BCUT2D eigenvalue weighted by molar-refractivity contribution is 0.294. The molecule has 0 N–H and O–H groups in total. The molecule has 1 aromatic rings. The van der Waals surface area contributed by atoms with E-state index < -0.39 is 0 Å². The maximum Gasteiger partial charge on any atom is 0.0558 e. The quantitative estimate of drug-likeness (QED) is 0.804. The number of pyridine rings is 1. The van der Waals surface area contributed by atoms with Crippen molar-refractivity contribution < 1.29 is 0 Å². The van der Waals surface area contributed by atoms with Crippen molar-refractivity contribution in [2.24, 2.45) is 11.8 Å². The summed E-state index contributed by atoms with van der Waals surface area (Å²) in [5.41, 5.74) is 1.08. The number of hydrogen-bond donors (Lipinski definition) is 0. The normalized spacial score (nSPS) is 21.9. The minimum atomic E-state index is 0.782. The van der Waals surface area contributed by atoms with E-state index in [-0.39, 0.29) is 0 Å². The highest BCUT2D eigenvalue weighted by molar-refractivity contribution is 6.30. The van der Waals surface area contributed by atoms with Gasteiger partial charge in [0, 0.05) is 24.3 Å². The zero-order valence-corrected chi connectivity index (χ0v) is 10.7. The Morgan fingerprint density at radius 3 is 3.00 bits per heavy atom. The molecule has 2 rings (SSSR count). The fraction of sp³-hybridized carbons (Fsp3) is 0.615. The van der Waals surface area contributed by atoms with E-state index in [1.807, 2.05) is 12.1 Å². The maximum atomic E-state index is 5.95. The van der Waals surface area contributed by atoms with Gasteiger partial charge in [0.15, 0.2) is 0 Å². The second-order valence-corrected chi connectivity index (χ2v) is 5.43. The van der Waals surface area contributed by atoms with Crippen molar-refractivity contribution in [1.82, 2.24) is 9.88 Å². The van der Waals surface area contributed by atoms with Crippen LogP contribution in [0.3, 0.4) is 0 Å². The fourth-order valence-electron chi connectivity index (χ4n) is 2.31. The third-order valence-electron chi connectivity index (χ3n) is 3.42. The molecule has 1 aliphatic heterocycles. The highest BCUT2D eigenvalue weighted by Gasteiger charge is 2.24. The Kier molecular flexibility index (Phi) is 3.82. The van der Waals surface area contributed by atoms with Crippen LogP contribution >= 0.6 is 11.6 Å². The van der Waals surface area contributed by atoms with Gasteiger partial charge in [0.2, 0.25) is 0 Å². The predicted octanol–water partition coefficient (Wildman–Crippen LogP) is 3.21. The number of rotatable bonds is 3. The van der Waals surface area contributed by atoms with E-state index in [9.17, 15) is 0 Å². The largest absolute Gasteiger partial charge is 0.297 e. The first kappa shape index (κ1) is 11.9. The molecule has 1 fully saturated rings. The summed E-state index contributed by atoms with van der Waals surface area (Å²) < 4.78 is 0. The second kappa shape index (κ2) is 5.15. The molecule has 0 amide bonds. The summed E-state index contributed by atoms with van der Waals surface area (Å²) in [7, 11) is 0. The van der Waals surface area contributed by atoms with E-state index in [4.69, 9.17) is 11.6 Å². The van der Waals surface area contributed by atoms with E-state index in [1.165, 1.54) is 19.5 Å². The van der Waals surface area contributed by atoms with Gasteiger partial charge in [0.05, 0.1) is 5.69 Å². The van der Waals surface area contributed by atoms with Crippen LogP contribution in [0.25, 0.3) is 0 Å². The van der Waals surface area contributed by atoms with Crippen LogP contribution < -0.4 is 0 Å². The summed E-state index contributed by atoms with van der Waals surface area (Å²) in [5.74, 6) is 1.64. The highest BCUT2D eigenvalue weighted by Crippen LogP contribution is 2.24. The van der Waals surface area contributed by atoms with Crippen LogP contribution in [0.15, 0.2) is 18.3 Å². The van der Waals surface area contributed by atoms with Gasteiger partial charge in [-0.15, -0.1) is 0 Å². The van der Waals surface area contributed by atoms with E-state index in [0.29, 0.717) is 0 Å². The predicted molar refractivity (Wildman–Crippen MR) is 67.5 cm³/mol. The van der Waals surface area contributed by atoms with Crippen molar-refractivity contribution in [2.45, 2.75) is 26.8 Å². The Hall–Kier alpha value is -0.600. The molecule has 1 aromatic heterocycles. The molecule has 0 saturated carbocycles. The molecule has 2 nitrogen and oxygen atoms in total. The summed E-state index contributed by atoms with van der Waals surface area (Å²) >= 11 is 5.95. The van der Waals surface area contributed by atoms with Crippen LogP contribution in [-0.2, 0) is 6.54 Å². The fourth-order valence-corrected chi connectivity index (χ4v) is 2.50. The van der Waals surface area contributed by atoms with Crippen molar-refractivity contribution in [3.05, 3.63) is 29.0 Å². The molecule has 1 unspecified atom stereocenters. The summed E-state index contributed by atoms with van der Waals surface area (Å²) in [6, 6.07) is 3.79. The minimum absolute atomic E-state index is 0.782. The second-order valence-electron chi connectivity index (χ2n) is 4.99. The molecule has 3 heteroatoms. The van der Waals surface area contributed by atoms with Gasteiger partial charge in [-0.25, -0.2) is 0 Å². The Balaban J connectivity index is 1.92. The topological polar surface area (TPSA) is 16.1 Å². The number of hydrogen-bond acceptors (Lipinski definition) is 2. The highest BCUT2D eigenvalue weighted by atomic mass is 35.5. The van der Waals surface area contributed by atoms with Crippen molar-refractivity contribution >= 4 is 11.6 Å². The van der Waals surface area contributed by atoms with Gasteiger partial charge in [0.25, 0.3) is 0 Å². The van der Waals surface area contributed by atoms with E-state index in [2.05, 4.69) is 23.7 Å². The SMILES string of the molecule is CC(C)C1CCN(Cc2cc(Cl)ccn2)C1. The zero-order chi connectivity index (χ0) is 11.5. The molecule has 1 aliphatic rings. The van der Waals surface area contributed by atoms with Gasteiger partial charge >= 0.3 is 0 Å². The number of aromatic nitrogens is 1. The zero-order valence-electron chi connectivity index (χ0n) is 9.99. The molecule has 16 heavy (non-hydrogen) atoms. The molecule has 0 spiro atoms. The first-order chi connectivity index (χ1) is 7.65. The van der Waals surface area contributed by atoms with Gasteiger partial charge in [-0.3, -0.25) is 9.88 Å². The Labute approximate surface area is 103 Å². The third-order valence-corrected chi connectivity index (χ3v) is 3.65. The van der Waals surface area contributed by atoms with Crippen LogP contribution in [0.4, 0.5) is 0 Å². The first-order valence-electron chi connectivity index (χ1n) is 5.98. The summed E-state index contributed by atoms with van der Waals surface area (Å²) in [6.07, 6.45) is 3.10. The van der Waals surface area contributed by atoms with Gasteiger partial charge in [0.1, 0.15) is 0 Å². The minimum Gasteiger partial charge on any atom is -0.297 e. The monoisotopic (exact) mass is 238 g/mol. The third kappa shape index (κ3) is 2.96. The summed E-state index contributed by atoms with van der Waals surface area (Å²) in [4.78, 5) is 6.82. The van der Waals surface area contributed by atoms with Crippen LogP contribution in [0.2, 0.25) is 5.02 Å². The van der Waals surface area contributed by atoms with Crippen LogP contribution in [0, 0.1) is 11.8 Å². The van der Waals surface area contributed by atoms with E-state index in [1.54, 1.807) is 6.20 Å². The van der Waals surface area contributed by atoms with Crippen LogP contribution in [-0.4, -0.2) is 23.0 Å². The molecule has 1 atom stereocenters. The molecular formula is C13H19ClN2. The van der Waals surface area contributed by atoms with E-state index >= 15 is 0 Å². The molecule has 0 aromatic carbocycles. The summed E-state index contributed by atoms with van der Waals surface area (Å²) in [6.45, 7) is 7.95. The van der Waals surface area contributed by atoms with Gasteiger partial charge in [-0.2, -0.15) is 0 Å². The van der Waals surface area contributed by atoms with Crippen molar-refractivity contribution in [3.63, 3.8) is 0 Å². The van der Waals surface area contributed by atoms with Crippen LogP contribution in [0.5, 0.6) is 0 Å². The average Bonchev–Trinajstić information content (AvgIpc) is 2.66. The molecular weight excluding hydrogens is 220 g/mol. The molecule has 1 saturated heterocycles. The van der Waals surface area contributed by atoms with Gasteiger partial charge in [-0.05, 0) is 36.9 Å². The van der Waals surface area contributed by atoms with Crippen LogP contribution in [0.1, 0.15) is 26.0 Å². The number of nitrogens with zero attached hydrogens (tertiary/aromatic N) is 2. The lowest BCUT2D eigenvalue weighted by Crippen LogP contribution is -2.22. The molecule has 0 bridgehead atoms. The molecule has 2 heterocycles. The molecule has 0 aliphatic carbocycles. The Bertz CT molecular complexity index is 352. The van der Waals surface area contributed by atoms with Gasteiger partial charge in [-0.1, -0.05) is 25.4 Å². The van der Waals surface area contributed by atoms with Crippen molar-refractivity contribution in [3.8, 4) is 0 Å². The lowest BCUT2D eigenvalue weighted by Gasteiger charge is -2.17. The molecule has 88 valence electrons. The average molecular weight is 239 g/mol. The van der Waals surface area contributed by atoms with Crippen molar-refractivity contribution in [1.29, 1.82) is 0 Å². The smallest absolute Gasteiger partial charge is 0.0558 e. The lowest BCUT2D eigenvalue weighted by atomic mass is 9.95. The first-order valence-corrected chi connectivity index (χ1v) is 6.35. The number of halogens is 1. The Morgan fingerprint density at radius 2 is 2.38 bits per heavy atom. The number of likely N-dealkylation sites (tertiary alicyclic amines) is 1. The molecule has 0 radical (unpaired) electrons.